The molecule has 0 unspecified atom stereocenters. The molecule has 3 aromatic rings. The number of hydrogen-bond acceptors (Lipinski definition) is 4. The maximum atomic E-state index is 13.3. The second-order valence-corrected chi connectivity index (χ2v) is 3.83. The molecule has 3 rings (SSSR count). The molecule has 0 amide bonds. The van der Waals surface area contributed by atoms with Gasteiger partial charge in [-0.1, -0.05) is 0 Å². The van der Waals surface area contributed by atoms with E-state index >= 15 is 0 Å². The number of benzene rings is 1. The van der Waals surface area contributed by atoms with Gasteiger partial charge in [0.05, 0.1) is 11.2 Å². The van der Waals surface area contributed by atoms with E-state index in [1.807, 2.05) is 6.07 Å². The summed E-state index contributed by atoms with van der Waals surface area (Å²) in [6.07, 6.45) is 3.32. The van der Waals surface area contributed by atoms with Crippen LogP contribution in [0.15, 0.2) is 42.7 Å². The molecule has 0 aliphatic carbocycles. The number of pyridine rings is 1. The highest BCUT2D eigenvalue weighted by Crippen LogP contribution is 2.26. The van der Waals surface area contributed by atoms with Crippen molar-refractivity contribution in [3.05, 3.63) is 48.5 Å². The van der Waals surface area contributed by atoms with E-state index in [4.69, 9.17) is 5.73 Å². The first-order chi connectivity index (χ1) is 8.74. The number of nitrogens with zero attached hydrogens (tertiary/aromatic N) is 3. The first kappa shape index (κ1) is 10.6. The molecule has 2 N–H and O–H groups in total. The van der Waals surface area contributed by atoms with Crippen molar-refractivity contribution in [2.45, 2.75) is 0 Å². The third-order valence-electron chi connectivity index (χ3n) is 2.61. The highest BCUT2D eigenvalue weighted by molar-refractivity contribution is 5.92. The van der Waals surface area contributed by atoms with Gasteiger partial charge in [0.25, 0.3) is 0 Å². The molecule has 0 aliphatic heterocycles. The second-order valence-electron chi connectivity index (χ2n) is 3.83. The van der Waals surface area contributed by atoms with E-state index < -0.39 is 0 Å². The average Bonchev–Trinajstić information content (AvgIpc) is 2.39. The molecule has 0 spiro atoms. The zero-order valence-corrected chi connectivity index (χ0v) is 9.34. The molecule has 4 nitrogen and oxygen atoms in total. The summed E-state index contributed by atoms with van der Waals surface area (Å²) in [4.78, 5) is 12.3. The largest absolute Gasteiger partial charge is 0.368 e. The quantitative estimate of drug-likeness (QED) is 0.709. The first-order valence-corrected chi connectivity index (χ1v) is 5.37. The van der Waals surface area contributed by atoms with E-state index in [2.05, 4.69) is 15.0 Å². The number of rotatable bonds is 1. The summed E-state index contributed by atoms with van der Waals surface area (Å²) in [5.41, 5.74) is 7.65. The Hall–Kier alpha value is -2.56. The zero-order valence-electron chi connectivity index (χ0n) is 9.34. The van der Waals surface area contributed by atoms with Gasteiger partial charge in [-0.2, -0.15) is 0 Å². The topological polar surface area (TPSA) is 64.7 Å². The Labute approximate surface area is 102 Å². The van der Waals surface area contributed by atoms with Gasteiger partial charge in [-0.15, -0.1) is 0 Å². The summed E-state index contributed by atoms with van der Waals surface area (Å²) in [6.45, 7) is 0. The van der Waals surface area contributed by atoms with Gasteiger partial charge in [-0.05, 0) is 30.3 Å². The van der Waals surface area contributed by atoms with Crippen molar-refractivity contribution < 1.29 is 4.39 Å². The van der Waals surface area contributed by atoms with E-state index in [9.17, 15) is 4.39 Å². The van der Waals surface area contributed by atoms with Crippen LogP contribution < -0.4 is 5.73 Å². The molecular weight excluding hydrogens is 231 g/mol. The van der Waals surface area contributed by atoms with Crippen molar-refractivity contribution in [3.8, 4) is 11.3 Å². The highest BCUT2D eigenvalue weighted by atomic mass is 19.1. The smallest absolute Gasteiger partial charge is 0.221 e. The minimum Gasteiger partial charge on any atom is -0.368 e. The lowest BCUT2D eigenvalue weighted by Gasteiger charge is -2.06. The Morgan fingerprint density at radius 1 is 1.11 bits per heavy atom. The molecule has 1 aromatic carbocycles. The summed E-state index contributed by atoms with van der Waals surface area (Å²) in [7, 11) is 0. The van der Waals surface area contributed by atoms with Crippen molar-refractivity contribution in [1.29, 1.82) is 0 Å². The summed E-state index contributed by atoms with van der Waals surface area (Å²) >= 11 is 0. The maximum absolute atomic E-state index is 13.3. The second kappa shape index (κ2) is 4.03. The van der Waals surface area contributed by atoms with Crippen molar-refractivity contribution >= 4 is 16.9 Å². The number of halogens is 1. The summed E-state index contributed by atoms with van der Waals surface area (Å²) in [5.74, 6) is -0.172. The molecule has 0 bridgehead atoms. The predicted octanol–water partition coefficient (Wildman–Crippen LogP) is 2.41. The van der Waals surface area contributed by atoms with E-state index in [1.54, 1.807) is 24.5 Å². The van der Waals surface area contributed by atoms with Gasteiger partial charge < -0.3 is 5.73 Å². The molecule has 2 heterocycles. The van der Waals surface area contributed by atoms with Crippen molar-refractivity contribution in [1.82, 2.24) is 15.0 Å². The Bertz CT molecular complexity index is 713. The molecule has 2 aromatic heterocycles. The molecule has 0 fully saturated rings. The summed E-state index contributed by atoms with van der Waals surface area (Å²) < 4.78 is 13.3. The zero-order chi connectivity index (χ0) is 12.5. The van der Waals surface area contributed by atoms with Crippen LogP contribution in [0.3, 0.4) is 0 Å². The lowest BCUT2D eigenvalue weighted by Crippen LogP contribution is -1.98. The van der Waals surface area contributed by atoms with E-state index in [0.29, 0.717) is 16.6 Å². The number of aromatic nitrogens is 3. The van der Waals surface area contributed by atoms with Gasteiger partial charge in [-0.25, -0.2) is 14.4 Å². The first-order valence-electron chi connectivity index (χ1n) is 5.37. The van der Waals surface area contributed by atoms with E-state index in [-0.39, 0.29) is 11.8 Å². The fraction of sp³-hybridized carbons (Fsp3) is 0. The van der Waals surface area contributed by atoms with Crippen LogP contribution >= 0.6 is 0 Å². The molecule has 0 saturated carbocycles. The van der Waals surface area contributed by atoms with Crippen LogP contribution in [0.5, 0.6) is 0 Å². The predicted molar refractivity (Wildman–Crippen MR) is 67.1 cm³/mol. The minimum atomic E-state index is -0.332. The maximum Gasteiger partial charge on any atom is 0.221 e. The summed E-state index contributed by atoms with van der Waals surface area (Å²) in [5, 5.41) is 0.622. The molecule has 88 valence electrons. The van der Waals surface area contributed by atoms with Gasteiger partial charge in [0, 0.05) is 23.3 Å². The number of nitrogens with two attached hydrogens (primary N) is 1. The van der Waals surface area contributed by atoms with Crippen LogP contribution in [0.4, 0.5) is 10.3 Å². The fourth-order valence-electron chi connectivity index (χ4n) is 1.84. The third-order valence-corrected chi connectivity index (χ3v) is 2.61. The SMILES string of the molecule is Nc1nc(-c2cccnc2)c2cc(F)ccc2n1. The minimum absolute atomic E-state index is 0.160. The molecule has 0 radical (unpaired) electrons. The third kappa shape index (κ3) is 1.75. The van der Waals surface area contributed by atoms with Crippen LogP contribution in [0.2, 0.25) is 0 Å². The van der Waals surface area contributed by atoms with Gasteiger partial charge in [0.15, 0.2) is 0 Å². The number of hydrogen-bond donors (Lipinski definition) is 1. The van der Waals surface area contributed by atoms with Crippen molar-refractivity contribution in [3.63, 3.8) is 0 Å². The van der Waals surface area contributed by atoms with Crippen LogP contribution in [0, 0.1) is 5.82 Å². The van der Waals surface area contributed by atoms with Gasteiger partial charge >= 0.3 is 0 Å². The molecule has 18 heavy (non-hydrogen) atoms. The van der Waals surface area contributed by atoms with E-state index in [1.165, 1.54) is 12.1 Å². The van der Waals surface area contributed by atoms with Gasteiger partial charge in [0.1, 0.15) is 5.82 Å². The normalized spacial score (nSPS) is 10.7. The number of anilines is 1. The fourth-order valence-corrected chi connectivity index (χ4v) is 1.84. The molecular formula is C13H9FN4. The van der Waals surface area contributed by atoms with Gasteiger partial charge in [0.2, 0.25) is 5.95 Å². The Balaban J connectivity index is 2.37. The van der Waals surface area contributed by atoms with Crippen LogP contribution in [-0.4, -0.2) is 15.0 Å². The summed E-state index contributed by atoms with van der Waals surface area (Å²) in [6, 6.07) is 7.97. The lowest BCUT2D eigenvalue weighted by molar-refractivity contribution is 0.629. The standard InChI is InChI=1S/C13H9FN4/c14-9-3-4-11-10(6-9)12(18-13(15)17-11)8-2-1-5-16-7-8/h1-7H,(H2,15,17,18). The average molecular weight is 240 g/mol. The van der Waals surface area contributed by atoms with Gasteiger partial charge in [-0.3, -0.25) is 4.98 Å². The van der Waals surface area contributed by atoms with E-state index in [0.717, 1.165) is 5.56 Å². The number of fused-ring (bicyclic) bond motifs is 1. The Morgan fingerprint density at radius 2 is 2.00 bits per heavy atom. The number of nitrogen functional groups attached to an aromatic ring is 1. The van der Waals surface area contributed by atoms with Crippen LogP contribution in [-0.2, 0) is 0 Å². The van der Waals surface area contributed by atoms with Crippen LogP contribution in [0.1, 0.15) is 0 Å². The molecule has 0 saturated heterocycles. The molecule has 0 atom stereocenters. The van der Waals surface area contributed by atoms with Crippen molar-refractivity contribution in [2.75, 3.05) is 5.73 Å². The monoisotopic (exact) mass is 240 g/mol. The molecule has 0 aliphatic rings. The lowest BCUT2D eigenvalue weighted by atomic mass is 10.1. The van der Waals surface area contributed by atoms with Crippen LogP contribution in [0.25, 0.3) is 22.2 Å². The Morgan fingerprint density at radius 3 is 2.78 bits per heavy atom. The molecule has 5 heteroatoms. The highest BCUT2D eigenvalue weighted by Gasteiger charge is 2.09. The Kier molecular flexibility index (Phi) is 2.37. The van der Waals surface area contributed by atoms with Crippen molar-refractivity contribution in [2.24, 2.45) is 0 Å².